The van der Waals surface area contributed by atoms with E-state index in [9.17, 15) is 9.90 Å². The van der Waals surface area contributed by atoms with E-state index < -0.39 is 0 Å². The van der Waals surface area contributed by atoms with E-state index in [4.69, 9.17) is 9.47 Å². The monoisotopic (exact) mass is 342 g/mol. The van der Waals surface area contributed by atoms with Crippen LogP contribution < -0.4 is 10.1 Å². The van der Waals surface area contributed by atoms with Gasteiger partial charge in [-0.3, -0.25) is 9.69 Å². The second-order valence-electron chi connectivity index (χ2n) is 5.83. The van der Waals surface area contributed by atoms with Gasteiger partial charge in [-0.2, -0.15) is 0 Å². The molecule has 2 aromatic rings. The van der Waals surface area contributed by atoms with Gasteiger partial charge in [0.15, 0.2) is 0 Å². The number of morpholine rings is 1. The number of phenolic OH excluding ortho intramolecular Hbond substituents is 1. The molecule has 6 heteroatoms. The maximum absolute atomic E-state index is 12.3. The molecule has 2 aromatic carbocycles. The molecule has 1 saturated heterocycles. The predicted octanol–water partition coefficient (Wildman–Crippen LogP) is 2.36. The lowest BCUT2D eigenvalue weighted by Gasteiger charge is -2.26. The molecular weight excluding hydrogens is 320 g/mol. The summed E-state index contributed by atoms with van der Waals surface area (Å²) in [6, 6.07) is 13.5. The van der Waals surface area contributed by atoms with Gasteiger partial charge in [0, 0.05) is 37.0 Å². The van der Waals surface area contributed by atoms with Crippen LogP contribution in [0, 0.1) is 0 Å². The molecule has 132 valence electrons. The first-order valence-corrected chi connectivity index (χ1v) is 8.34. The highest BCUT2D eigenvalue weighted by atomic mass is 16.5. The van der Waals surface area contributed by atoms with Gasteiger partial charge in [0.2, 0.25) is 0 Å². The van der Waals surface area contributed by atoms with Gasteiger partial charge in [0.1, 0.15) is 18.1 Å². The minimum Gasteiger partial charge on any atom is -0.508 e. The quantitative estimate of drug-likeness (QED) is 0.843. The van der Waals surface area contributed by atoms with Crippen LogP contribution in [0.5, 0.6) is 11.5 Å². The van der Waals surface area contributed by atoms with E-state index in [1.165, 1.54) is 6.07 Å². The summed E-state index contributed by atoms with van der Waals surface area (Å²) in [4.78, 5) is 14.6. The minimum atomic E-state index is -0.246. The van der Waals surface area contributed by atoms with Crippen molar-refractivity contribution in [2.75, 3.05) is 44.8 Å². The first-order valence-electron chi connectivity index (χ1n) is 8.34. The Bertz CT molecular complexity index is 714. The fourth-order valence-corrected chi connectivity index (χ4v) is 2.63. The largest absolute Gasteiger partial charge is 0.508 e. The summed E-state index contributed by atoms with van der Waals surface area (Å²) >= 11 is 0. The average molecular weight is 342 g/mol. The zero-order chi connectivity index (χ0) is 17.5. The smallest absolute Gasteiger partial charge is 0.255 e. The SMILES string of the molecule is O=C(Nc1cccc(O)c1)c1cccc(OCCN2CCOCC2)c1. The number of hydrogen-bond acceptors (Lipinski definition) is 5. The third-order valence-electron chi connectivity index (χ3n) is 3.98. The van der Waals surface area contributed by atoms with Crippen molar-refractivity contribution in [1.82, 2.24) is 4.90 Å². The number of carbonyl (C=O) groups is 1. The van der Waals surface area contributed by atoms with Gasteiger partial charge < -0.3 is 19.9 Å². The summed E-state index contributed by atoms with van der Waals surface area (Å²) < 4.78 is 11.1. The molecule has 0 unspecified atom stereocenters. The molecule has 0 aromatic heterocycles. The molecule has 1 aliphatic heterocycles. The molecule has 1 amide bonds. The number of aromatic hydroxyl groups is 1. The molecule has 0 spiro atoms. The molecule has 0 bridgehead atoms. The summed E-state index contributed by atoms with van der Waals surface area (Å²) in [5.41, 5.74) is 1.05. The first kappa shape index (κ1) is 17.3. The Morgan fingerprint density at radius 3 is 2.76 bits per heavy atom. The van der Waals surface area contributed by atoms with E-state index in [2.05, 4.69) is 10.2 Å². The number of nitrogens with zero attached hydrogens (tertiary/aromatic N) is 1. The van der Waals surface area contributed by atoms with Gasteiger partial charge in [-0.25, -0.2) is 0 Å². The number of phenols is 1. The van der Waals surface area contributed by atoms with E-state index in [1.54, 1.807) is 36.4 Å². The molecule has 3 rings (SSSR count). The summed E-state index contributed by atoms with van der Waals surface area (Å²) in [5, 5.41) is 12.2. The molecule has 0 atom stereocenters. The zero-order valence-electron chi connectivity index (χ0n) is 14.0. The van der Waals surface area contributed by atoms with Gasteiger partial charge in [0.25, 0.3) is 5.91 Å². The molecule has 0 aliphatic carbocycles. The van der Waals surface area contributed by atoms with E-state index >= 15 is 0 Å². The normalized spacial score (nSPS) is 14.9. The maximum Gasteiger partial charge on any atom is 0.255 e. The van der Waals surface area contributed by atoms with Crippen LogP contribution >= 0.6 is 0 Å². The standard InChI is InChI=1S/C19H22N2O4/c22-17-5-2-4-16(14-17)20-19(23)15-3-1-6-18(13-15)25-12-9-21-7-10-24-11-8-21/h1-6,13-14,22H,7-12H2,(H,20,23). The van der Waals surface area contributed by atoms with E-state index in [1.807, 2.05) is 6.07 Å². The highest BCUT2D eigenvalue weighted by Gasteiger charge is 2.11. The van der Waals surface area contributed by atoms with Gasteiger partial charge in [-0.05, 0) is 30.3 Å². The van der Waals surface area contributed by atoms with Crippen LogP contribution in [0.3, 0.4) is 0 Å². The molecular formula is C19H22N2O4. The fraction of sp³-hybridized carbons (Fsp3) is 0.316. The molecule has 1 aliphatic rings. The average Bonchev–Trinajstić information content (AvgIpc) is 2.63. The number of carbonyl (C=O) groups excluding carboxylic acids is 1. The first-order chi connectivity index (χ1) is 12.2. The van der Waals surface area contributed by atoms with Gasteiger partial charge in [0.05, 0.1) is 13.2 Å². The van der Waals surface area contributed by atoms with Crippen molar-refractivity contribution in [2.45, 2.75) is 0 Å². The lowest BCUT2D eigenvalue weighted by Crippen LogP contribution is -2.38. The number of benzene rings is 2. The number of ether oxygens (including phenoxy) is 2. The predicted molar refractivity (Wildman–Crippen MR) is 95.3 cm³/mol. The van der Waals surface area contributed by atoms with Crippen molar-refractivity contribution >= 4 is 11.6 Å². The molecule has 2 N–H and O–H groups in total. The van der Waals surface area contributed by atoms with E-state index in [-0.39, 0.29) is 11.7 Å². The van der Waals surface area contributed by atoms with Crippen molar-refractivity contribution in [2.24, 2.45) is 0 Å². The van der Waals surface area contributed by atoms with Crippen molar-refractivity contribution < 1.29 is 19.4 Å². The van der Waals surface area contributed by atoms with Crippen LogP contribution in [0.1, 0.15) is 10.4 Å². The topological polar surface area (TPSA) is 71.0 Å². The number of nitrogens with one attached hydrogen (secondary N) is 1. The van der Waals surface area contributed by atoms with Crippen molar-refractivity contribution in [3.63, 3.8) is 0 Å². The number of amides is 1. The van der Waals surface area contributed by atoms with Crippen LogP contribution in [0.25, 0.3) is 0 Å². The van der Waals surface area contributed by atoms with Crippen molar-refractivity contribution in [3.05, 3.63) is 54.1 Å². The van der Waals surface area contributed by atoms with Crippen LogP contribution in [0.15, 0.2) is 48.5 Å². The second kappa shape index (κ2) is 8.50. The Kier molecular flexibility index (Phi) is 5.87. The van der Waals surface area contributed by atoms with E-state index in [0.717, 1.165) is 32.8 Å². The summed E-state index contributed by atoms with van der Waals surface area (Å²) in [5.74, 6) is 0.527. The summed E-state index contributed by atoms with van der Waals surface area (Å²) in [6.45, 7) is 4.79. The van der Waals surface area contributed by atoms with E-state index in [0.29, 0.717) is 23.6 Å². The molecule has 1 fully saturated rings. The Morgan fingerprint density at radius 1 is 1.16 bits per heavy atom. The molecule has 6 nitrogen and oxygen atoms in total. The van der Waals surface area contributed by atoms with Crippen LogP contribution in [0.4, 0.5) is 5.69 Å². The van der Waals surface area contributed by atoms with Crippen LogP contribution in [-0.4, -0.2) is 55.4 Å². The second-order valence-corrected chi connectivity index (χ2v) is 5.83. The maximum atomic E-state index is 12.3. The highest BCUT2D eigenvalue weighted by molar-refractivity contribution is 6.04. The molecule has 25 heavy (non-hydrogen) atoms. The zero-order valence-corrected chi connectivity index (χ0v) is 14.0. The Balaban J connectivity index is 1.54. The lowest BCUT2D eigenvalue weighted by molar-refractivity contribution is 0.0322. The van der Waals surface area contributed by atoms with Crippen LogP contribution in [-0.2, 0) is 4.74 Å². The number of rotatable bonds is 6. The van der Waals surface area contributed by atoms with Gasteiger partial charge in [-0.15, -0.1) is 0 Å². The Labute approximate surface area is 147 Å². The molecule has 0 saturated carbocycles. The fourth-order valence-electron chi connectivity index (χ4n) is 2.63. The Hall–Kier alpha value is -2.57. The van der Waals surface area contributed by atoms with Gasteiger partial charge >= 0.3 is 0 Å². The highest BCUT2D eigenvalue weighted by Crippen LogP contribution is 2.18. The summed E-state index contributed by atoms with van der Waals surface area (Å²) in [7, 11) is 0. The number of hydrogen-bond donors (Lipinski definition) is 2. The third-order valence-corrected chi connectivity index (χ3v) is 3.98. The summed E-state index contributed by atoms with van der Waals surface area (Å²) in [6.07, 6.45) is 0. The minimum absolute atomic E-state index is 0.109. The molecule has 1 heterocycles. The number of anilines is 1. The third kappa shape index (κ3) is 5.20. The van der Waals surface area contributed by atoms with Crippen molar-refractivity contribution in [3.8, 4) is 11.5 Å². The molecule has 0 radical (unpaired) electrons. The van der Waals surface area contributed by atoms with Crippen molar-refractivity contribution in [1.29, 1.82) is 0 Å². The van der Waals surface area contributed by atoms with Gasteiger partial charge in [-0.1, -0.05) is 12.1 Å². The van der Waals surface area contributed by atoms with Crippen LogP contribution in [0.2, 0.25) is 0 Å². The Morgan fingerprint density at radius 2 is 1.96 bits per heavy atom. The lowest BCUT2D eigenvalue weighted by atomic mass is 10.2.